The highest BCUT2D eigenvalue weighted by Gasteiger charge is 2.11. The van der Waals surface area contributed by atoms with Crippen LogP contribution in [0.3, 0.4) is 0 Å². The van der Waals surface area contributed by atoms with Gasteiger partial charge in [0.05, 0.1) is 5.38 Å². The Morgan fingerprint density at radius 2 is 1.57 bits per heavy atom. The van der Waals surface area contributed by atoms with Crippen LogP contribution in [0.15, 0.2) is 60.7 Å². The molecule has 0 saturated carbocycles. The first-order chi connectivity index (χ1) is 14.6. The lowest BCUT2D eigenvalue weighted by atomic mass is 9.93. The average Bonchev–Trinajstić information content (AvgIpc) is 2.76. The van der Waals surface area contributed by atoms with Crippen LogP contribution in [0.1, 0.15) is 50.1 Å². The summed E-state index contributed by atoms with van der Waals surface area (Å²) in [7, 11) is 0.554. The summed E-state index contributed by atoms with van der Waals surface area (Å²) >= 11 is 17.1. The molecule has 159 valence electrons. The predicted molar refractivity (Wildman–Crippen MR) is 125 cm³/mol. The number of allylic oxidation sites excluding steroid dienone is 4. The first-order valence-corrected chi connectivity index (χ1v) is 11.1. The summed E-state index contributed by atoms with van der Waals surface area (Å²) in [4.78, 5) is 8.03. The van der Waals surface area contributed by atoms with Gasteiger partial charge in [0.15, 0.2) is 5.88 Å². The summed E-state index contributed by atoms with van der Waals surface area (Å²) in [5.74, 6) is 0.752. The molecule has 0 aromatic carbocycles. The van der Waals surface area contributed by atoms with Crippen LogP contribution in [-0.4, -0.2) is 28.1 Å². The molecule has 0 spiro atoms. The summed E-state index contributed by atoms with van der Waals surface area (Å²) in [6.45, 7) is 0. The van der Waals surface area contributed by atoms with Gasteiger partial charge >= 0.3 is 7.69 Å². The minimum atomic E-state index is 0.273. The highest BCUT2D eigenvalue weighted by atomic mass is 35.5. The molecule has 0 bridgehead atoms. The molecular formula is C22H25BCl3N2O2. The summed E-state index contributed by atoms with van der Waals surface area (Å²) in [5, 5.41) is 9.43. The molecule has 0 amide bonds. The van der Waals surface area contributed by atoms with E-state index in [1.54, 1.807) is 18.2 Å². The second kappa shape index (κ2) is 14.5. The fourth-order valence-corrected chi connectivity index (χ4v) is 3.55. The Bertz CT molecular complexity index is 820. The van der Waals surface area contributed by atoms with Crippen molar-refractivity contribution in [1.82, 2.24) is 9.97 Å². The molecule has 0 saturated heterocycles. The fourth-order valence-electron chi connectivity index (χ4n) is 2.97. The molecule has 2 aliphatic rings. The van der Waals surface area contributed by atoms with Crippen LogP contribution in [-0.2, 0) is 0 Å². The maximum absolute atomic E-state index is 8.18. The van der Waals surface area contributed by atoms with E-state index in [4.69, 9.17) is 39.8 Å². The fraction of sp³-hybridized carbons (Fsp3) is 0.364. The maximum atomic E-state index is 8.18. The number of nitrogens with zero attached hydrogens (tertiary/aromatic N) is 2. The predicted octanol–water partition coefficient (Wildman–Crippen LogP) is 6.53. The molecule has 8 heteroatoms. The molecule has 1 radical (unpaired) electrons. The van der Waals surface area contributed by atoms with Crippen molar-refractivity contribution in [2.75, 3.05) is 0 Å². The third kappa shape index (κ3) is 9.99. The van der Waals surface area contributed by atoms with Gasteiger partial charge in [0.2, 0.25) is 0 Å². The molecule has 1 N–H and O–H groups in total. The Hall–Kier alpha value is -1.53. The zero-order chi connectivity index (χ0) is 21.6. The van der Waals surface area contributed by atoms with Crippen LogP contribution in [0.2, 0.25) is 10.3 Å². The van der Waals surface area contributed by atoms with Crippen molar-refractivity contribution in [3.05, 3.63) is 76.7 Å². The Morgan fingerprint density at radius 1 is 0.900 bits per heavy atom. The van der Waals surface area contributed by atoms with E-state index in [-0.39, 0.29) is 5.88 Å². The van der Waals surface area contributed by atoms with Crippen molar-refractivity contribution in [3.63, 3.8) is 0 Å². The zero-order valence-corrected chi connectivity index (χ0v) is 18.9. The number of rotatable bonds is 3. The molecule has 2 aromatic heterocycles. The number of aromatic nitrogens is 2. The Balaban J connectivity index is 0.000000168. The second-order valence-corrected chi connectivity index (χ2v) is 8.08. The third-order valence-corrected chi connectivity index (χ3v) is 5.21. The lowest BCUT2D eigenvalue weighted by Gasteiger charge is -2.15. The first-order valence-electron chi connectivity index (χ1n) is 9.93. The van der Waals surface area contributed by atoms with Crippen molar-refractivity contribution < 1.29 is 9.68 Å². The van der Waals surface area contributed by atoms with Gasteiger partial charge in [0.1, 0.15) is 10.3 Å². The highest BCUT2D eigenvalue weighted by molar-refractivity contribution is 6.29. The first kappa shape index (κ1) is 24.7. The summed E-state index contributed by atoms with van der Waals surface area (Å²) in [5.41, 5.74) is 1.10. The molecule has 30 heavy (non-hydrogen) atoms. The standard InChI is InChI=1S/C11H12ClN.C6H9Cl.C5H4BClNO2/c12-11-8-4-7-10(13-11)9-5-2-1-3-6-9;7-6-4-2-1-3-5-6;7-4-2-1-3-5(8-4)10-6-9/h2,4-5,7-9H,1,3,6H2;2,4,6H,1,3,5H2;1-3,9H/t9-;;/m1../s1. The molecule has 1 unspecified atom stereocenters. The topological polar surface area (TPSA) is 55.2 Å². The van der Waals surface area contributed by atoms with Crippen molar-refractivity contribution in [3.8, 4) is 5.88 Å². The Labute approximate surface area is 194 Å². The smallest absolute Gasteiger partial charge is 0.523 e. The lowest BCUT2D eigenvalue weighted by molar-refractivity contribution is 0.443. The number of hydrogen-bond donors (Lipinski definition) is 1. The number of pyridine rings is 2. The van der Waals surface area contributed by atoms with E-state index in [1.165, 1.54) is 32.1 Å². The van der Waals surface area contributed by atoms with Gasteiger partial charge in [-0.25, -0.2) is 9.97 Å². The summed E-state index contributed by atoms with van der Waals surface area (Å²) in [6, 6.07) is 10.7. The number of alkyl halides is 1. The van der Waals surface area contributed by atoms with E-state index >= 15 is 0 Å². The third-order valence-electron chi connectivity index (χ3n) is 4.43. The van der Waals surface area contributed by atoms with E-state index in [1.807, 2.05) is 18.2 Å². The van der Waals surface area contributed by atoms with Gasteiger partial charge in [-0.1, -0.05) is 59.6 Å². The molecule has 4 nitrogen and oxygen atoms in total. The molecule has 2 heterocycles. The van der Waals surface area contributed by atoms with Crippen molar-refractivity contribution in [2.24, 2.45) is 0 Å². The van der Waals surface area contributed by atoms with E-state index < -0.39 is 0 Å². The number of halogens is 3. The molecule has 2 atom stereocenters. The van der Waals surface area contributed by atoms with Crippen molar-refractivity contribution >= 4 is 42.5 Å². The van der Waals surface area contributed by atoms with E-state index in [2.05, 4.69) is 38.9 Å². The van der Waals surface area contributed by atoms with Crippen LogP contribution in [0.4, 0.5) is 0 Å². The molecule has 4 rings (SSSR count). The van der Waals surface area contributed by atoms with E-state index in [0.29, 0.717) is 29.3 Å². The molecule has 0 fully saturated rings. The van der Waals surface area contributed by atoms with Crippen LogP contribution in [0, 0.1) is 0 Å². The minimum absolute atomic E-state index is 0.273. The van der Waals surface area contributed by atoms with E-state index in [0.717, 1.165) is 12.1 Å². The van der Waals surface area contributed by atoms with Gasteiger partial charge in [0, 0.05) is 11.6 Å². The largest absolute Gasteiger partial charge is 0.570 e. The Kier molecular flexibility index (Phi) is 11.9. The van der Waals surface area contributed by atoms with Crippen LogP contribution in [0.25, 0.3) is 0 Å². The van der Waals surface area contributed by atoms with Crippen molar-refractivity contribution in [2.45, 2.75) is 49.8 Å². The summed E-state index contributed by atoms with van der Waals surface area (Å²) in [6.07, 6.45) is 16.0. The normalized spacial score (nSPS) is 19.6. The van der Waals surface area contributed by atoms with Gasteiger partial charge in [-0.2, -0.15) is 0 Å². The van der Waals surface area contributed by atoms with Gasteiger partial charge in [-0.3, -0.25) is 0 Å². The van der Waals surface area contributed by atoms with E-state index in [9.17, 15) is 0 Å². The molecular weight excluding hydrogens is 441 g/mol. The van der Waals surface area contributed by atoms with Gasteiger partial charge in [-0.05, 0) is 62.8 Å². The maximum Gasteiger partial charge on any atom is 0.570 e. The molecule has 2 aromatic rings. The molecule has 0 aliphatic heterocycles. The van der Waals surface area contributed by atoms with Crippen LogP contribution >= 0.6 is 34.8 Å². The SMILES string of the molecule is ClC1C=CCCC1.Clc1cccc([C@@H]2C=CCCC2)n1.O[B]Oc1cccc(Cl)n1. The van der Waals surface area contributed by atoms with Gasteiger partial charge < -0.3 is 9.68 Å². The highest BCUT2D eigenvalue weighted by Crippen LogP contribution is 2.26. The number of hydrogen-bond acceptors (Lipinski definition) is 4. The quantitative estimate of drug-likeness (QED) is 0.242. The zero-order valence-electron chi connectivity index (χ0n) is 16.6. The summed E-state index contributed by atoms with van der Waals surface area (Å²) < 4.78 is 4.52. The lowest BCUT2D eigenvalue weighted by Crippen LogP contribution is -2.01. The Morgan fingerprint density at radius 3 is 2.07 bits per heavy atom. The second-order valence-electron chi connectivity index (χ2n) is 6.75. The van der Waals surface area contributed by atoms with Crippen LogP contribution < -0.4 is 4.65 Å². The van der Waals surface area contributed by atoms with Crippen molar-refractivity contribution in [1.29, 1.82) is 0 Å². The van der Waals surface area contributed by atoms with Crippen LogP contribution in [0.5, 0.6) is 5.88 Å². The minimum Gasteiger partial charge on any atom is -0.523 e. The average molecular weight is 467 g/mol. The van der Waals surface area contributed by atoms with Gasteiger partial charge in [0.25, 0.3) is 0 Å². The monoisotopic (exact) mass is 465 g/mol. The van der Waals surface area contributed by atoms with Gasteiger partial charge in [-0.15, -0.1) is 11.6 Å². The molecule has 2 aliphatic carbocycles.